The van der Waals surface area contributed by atoms with Gasteiger partial charge in [0.1, 0.15) is 12.6 Å². The largest absolute Gasteiger partial charge is 0.449 e. The highest BCUT2D eigenvalue weighted by Crippen LogP contribution is 2.44. The molecule has 0 heterocycles. The standard InChI is InChI=1S/C31H41N2O4.ClH/c1-7-21(6)29(28(34)17-20(4)5)33-30(35)27(16-19(2)3)32-31(36)37-18-26-24-14-10-8-12-22(24)23-13-9-11-15-25(23)26;/h8-15,19,21,26-27,29H,7,16-18H2,1-6H3,(H,32,36)(H,33,35);1H/t21-,27-,29-;/m0./s1. The Bertz CT molecular complexity index is 1060. The maximum atomic E-state index is 13.3. The first-order chi connectivity index (χ1) is 17.6. The molecule has 1 radical (unpaired) electrons. The van der Waals surface area contributed by atoms with E-state index in [0.717, 1.165) is 34.6 Å². The highest BCUT2D eigenvalue weighted by Gasteiger charge is 2.32. The van der Waals surface area contributed by atoms with E-state index in [9.17, 15) is 14.4 Å². The van der Waals surface area contributed by atoms with Gasteiger partial charge in [-0.2, -0.15) is 0 Å². The van der Waals surface area contributed by atoms with E-state index in [1.165, 1.54) is 0 Å². The molecule has 0 unspecified atom stereocenters. The van der Waals surface area contributed by atoms with Crippen molar-refractivity contribution in [3.8, 4) is 11.1 Å². The van der Waals surface area contributed by atoms with Gasteiger partial charge in [0.2, 0.25) is 5.91 Å². The number of alkyl carbamates (subject to hydrolysis) is 1. The fourth-order valence-electron chi connectivity index (χ4n) is 4.97. The Morgan fingerprint density at radius 1 is 0.895 bits per heavy atom. The summed E-state index contributed by atoms with van der Waals surface area (Å²) < 4.78 is 5.68. The Morgan fingerprint density at radius 3 is 1.95 bits per heavy atom. The van der Waals surface area contributed by atoms with E-state index in [-0.39, 0.29) is 48.5 Å². The fourth-order valence-corrected chi connectivity index (χ4v) is 4.97. The number of fused-ring (bicyclic) bond motifs is 3. The number of amides is 2. The molecule has 7 heteroatoms. The molecular formula is C31H42ClN2O4. The molecular weight excluding hydrogens is 500 g/mol. The van der Waals surface area contributed by atoms with Crippen LogP contribution in [0.4, 0.5) is 4.79 Å². The zero-order chi connectivity index (χ0) is 27.1. The molecule has 38 heavy (non-hydrogen) atoms. The zero-order valence-electron chi connectivity index (χ0n) is 23.4. The second-order valence-corrected chi connectivity index (χ2v) is 10.9. The number of benzene rings is 2. The molecule has 207 valence electrons. The number of carbonyl (C=O) groups excluding carboxylic acids is 3. The normalized spacial score (nSPS) is 14.6. The quantitative estimate of drug-likeness (QED) is 0.322. The average Bonchev–Trinajstić information content (AvgIpc) is 3.18. The molecule has 6 nitrogen and oxygen atoms in total. The van der Waals surface area contributed by atoms with E-state index in [1.807, 2.05) is 65.8 Å². The number of nitrogens with one attached hydrogen (secondary N) is 2. The minimum Gasteiger partial charge on any atom is -0.449 e. The van der Waals surface area contributed by atoms with Crippen molar-refractivity contribution in [2.75, 3.05) is 6.61 Å². The fraction of sp³-hybridized carbons (Fsp3) is 0.484. The number of rotatable bonds is 12. The van der Waals surface area contributed by atoms with Crippen LogP contribution in [0.5, 0.6) is 0 Å². The van der Waals surface area contributed by atoms with Crippen LogP contribution in [-0.2, 0) is 14.3 Å². The first-order valence-electron chi connectivity index (χ1n) is 13.4. The molecule has 0 bridgehead atoms. The molecule has 2 amide bonds. The van der Waals surface area contributed by atoms with Crippen LogP contribution in [0.2, 0.25) is 0 Å². The van der Waals surface area contributed by atoms with Crippen molar-refractivity contribution in [3.05, 3.63) is 65.6 Å². The van der Waals surface area contributed by atoms with Crippen molar-refractivity contribution >= 4 is 30.2 Å². The van der Waals surface area contributed by atoms with Gasteiger partial charge in [0.25, 0.3) is 0 Å². The highest BCUT2D eigenvalue weighted by molar-refractivity contribution is 5.93. The predicted molar refractivity (Wildman–Crippen MR) is 154 cm³/mol. The van der Waals surface area contributed by atoms with Crippen molar-refractivity contribution in [2.45, 2.75) is 78.8 Å². The van der Waals surface area contributed by atoms with Crippen LogP contribution in [0.15, 0.2) is 48.5 Å². The van der Waals surface area contributed by atoms with Gasteiger partial charge in [0.15, 0.2) is 5.78 Å². The molecule has 1 aliphatic rings. The molecule has 3 rings (SSSR count). The summed E-state index contributed by atoms with van der Waals surface area (Å²) in [6.45, 7) is 11.9. The van der Waals surface area contributed by atoms with E-state index in [2.05, 4.69) is 34.9 Å². The first-order valence-corrected chi connectivity index (χ1v) is 13.4. The van der Waals surface area contributed by atoms with Crippen LogP contribution in [0.25, 0.3) is 11.1 Å². The Balaban J connectivity index is 0.00000507. The summed E-state index contributed by atoms with van der Waals surface area (Å²) in [5.74, 6) is 0.736. The minimum absolute atomic E-state index is 0. The second-order valence-electron chi connectivity index (χ2n) is 10.9. The smallest absolute Gasteiger partial charge is 0.407 e. The summed E-state index contributed by atoms with van der Waals surface area (Å²) in [6, 6.07) is 14.9. The van der Waals surface area contributed by atoms with Gasteiger partial charge in [-0.3, -0.25) is 9.59 Å². The lowest BCUT2D eigenvalue weighted by atomic mass is 9.90. The molecule has 2 aromatic rings. The summed E-state index contributed by atoms with van der Waals surface area (Å²) in [7, 11) is 0. The molecule has 1 aliphatic carbocycles. The summed E-state index contributed by atoms with van der Waals surface area (Å²) in [5, 5.41) is 5.71. The van der Waals surface area contributed by atoms with Crippen LogP contribution in [0, 0.1) is 17.8 Å². The van der Waals surface area contributed by atoms with E-state index < -0.39 is 18.2 Å². The highest BCUT2D eigenvalue weighted by atomic mass is 35.5. The molecule has 0 spiro atoms. The number of hydrogen-bond acceptors (Lipinski definition) is 4. The van der Waals surface area contributed by atoms with Gasteiger partial charge in [-0.15, -0.1) is 12.4 Å². The molecule has 3 atom stereocenters. The van der Waals surface area contributed by atoms with Crippen molar-refractivity contribution in [2.24, 2.45) is 11.8 Å². The molecule has 0 aromatic heterocycles. The SMILES string of the molecule is CC[C@H](C)[C@H](NC(=O)[C@H](CC(C)C)NC(=O)OCC1c2ccccc2-c2ccccc21)C(=O)C[C](C)C.Cl. The van der Waals surface area contributed by atoms with Crippen LogP contribution in [0.1, 0.15) is 77.8 Å². The third-order valence-electron chi connectivity index (χ3n) is 7.04. The van der Waals surface area contributed by atoms with Crippen molar-refractivity contribution in [1.82, 2.24) is 10.6 Å². The molecule has 0 fully saturated rings. The Kier molecular flexibility index (Phi) is 11.8. The summed E-state index contributed by atoms with van der Waals surface area (Å²) >= 11 is 0. The van der Waals surface area contributed by atoms with Gasteiger partial charge in [-0.1, -0.05) is 96.5 Å². The third kappa shape index (κ3) is 7.83. The number of ketones is 1. The lowest BCUT2D eigenvalue weighted by Gasteiger charge is -2.27. The van der Waals surface area contributed by atoms with Crippen molar-refractivity contribution in [1.29, 1.82) is 0 Å². The van der Waals surface area contributed by atoms with Crippen LogP contribution in [0.3, 0.4) is 0 Å². The number of hydrogen-bond donors (Lipinski definition) is 2. The molecule has 0 aliphatic heterocycles. The third-order valence-corrected chi connectivity index (χ3v) is 7.04. The number of Topliss-reactive ketones (excluding diaryl/α,β-unsaturated/α-hetero) is 1. The Hall–Kier alpha value is -2.86. The van der Waals surface area contributed by atoms with Gasteiger partial charge in [0.05, 0.1) is 6.04 Å². The van der Waals surface area contributed by atoms with Gasteiger partial charge in [0, 0.05) is 12.3 Å². The predicted octanol–water partition coefficient (Wildman–Crippen LogP) is 6.47. The monoisotopic (exact) mass is 541 g/mol. The van der Waals surface area contributed by atoms with E-state index >= 15 is 0 Å². The van der Waals surface area contributed by atoms with Crippen molar-refractivity contribution in [3.63, 3.8) is 0 Å². The average molecular weight is 542 g/mol. The summed E-state index contributed by atoms with van der Waals surface area (Å²) in [6.07, 6.45) is 0.890. The molecule has 2 aromatic carbocycles. The Morgan fingerprint density at radius 2 is 1.45 bits per heavy atom. The molecule has 0 saturated carbocycles. The van der Waals surface area contributed by atoms with Gasteiger partial charge in [-0.05, 0) is 46.4 Å². The maximum absolute atomic E-state index is 13.3. The topological polar surface area (TPSA) is 84.5 Å². The van der Waals surface area contributed by atoms with E-state index in [1.54, 1.807) is 0 Å². The van der Waals surface area contributed by atoms with E-state index in [4.69, 9.17) is 4.74 Å². The van der Waals surface area contributed by atoms with Crippen LogP contribution >= 0.6 is 12.4 Å². The van der Waals surface area contributed by atoms with E-state index in [0.29, 0.717) is 12.8 Å². The van der Waals surface area contributed by atoms with Gasteiger partial charge in [-0.25, -0.2) is 4.79 Å². The number of halogens is 1. The van der Waals surface area contributed by atoms with Crippen molar-refractivity contribution < 1.29 is 19.1 Å². The maximum Gasteiger partial charge on any atom is 0.407 e. The number of ether oxygens (including phenoxy) is 1. The summed E-state index contributed by atoms with van der Waals surface area (Å²) in [4.78, 5) is 39.0. The first kappa shape index (κ1) is 31.4. The number of carbonyl (C=O) groups is 3. The van der Waals surface area contributed by atoms with Gasteiger partial charge < -0.3 is 15.4 Å². The molecule has 2 N–H and O–H groups in total. The lowest BCUT2D eigenvalue weighted by Crippen LogP contribution is -2.54. The molecule has 0 saturated heterocycles. The van der Waals surface area contributed by atoms with Gasteiger partial charge >= 0.3 is 6.09 Å². The second kappa shape index (κ2) is 14.3. The van der Waals surface area contributed by atoms with Crippen LogP contribution < -0.4 is 10.6 Å². The summed E-state index contributed by atoms with van der Waals surface area (Å²) in [5.41, 5.74) is 4.57. The lowest BCUT2D eigenvalue weighted by molar-refractivity contribution is -0.130. The zero-order valence-corrected chi connectivity index (χ0v) is 24.2. The van der Waals surface area contributed by atoms with Crippen LogP contribution in [-0.4, -0.2) is 36.5 Å². The minimum atomic E-state index is -0.790. The Labute approximate surface area is 233 Å².